The van der Waals surface area contributed by atoms with Crippen molar-refractivity contribution >= 4 is 34.7 Å². The molecule has 6 aromatic rings. The molecule has 66 heavy (non-hydrogen) atoms. The maximum absolute atomic E-state index is 13.4. The number of carbonyl (C=O) groups excluding carboxylic acids is 3. The number of esters is 2. The van der Waals surface area contributed by atoms with Crippen LogP contribution < -0.4 is 20.9 Å². The quantitative estimate of drug-likeness (QED) is 0.0676. The first-order valence-corrected chi connectivity index (χ1v) is 22.9. The van der Waals surface area contributed by atoms with Crippen LogP contribution in [0.15, 0.2) is 128 Å². The third-order valence-corrected chi connectivity index (χ3v) is 14.0. The van der Waals surface area contributed by atoms with Crippen molar-refractivity contribution in [2.75, 3.05) is 11.5 Å². The lowest BCUT2D eigenvalue weighted by atomic mass is 9.62. The number of anilines is 2. The molecule has 0 aromatic heterocycles. The van der Waals surface area contributed by atoms with E-state index in [2.05, 4.69) is 93.2 Å². The molecular formula is C59H64N2O5. The summed E-state index contributed by atoms with van der Waals surface area (Å²) in [5.41, 5.74) is 26.0. The minimum atomic E-state index is -0.479. The van der Waals surface area contributed by atoms with Gasteiger partial charge < -0.3 is 20.9 Å². The average Bonchev–Trinajstić information content (AvgIpc) is 3.28. The van der Waals surface area contributed by atoms with E-state index < -0.39 is 11.9 Å². The van der Waals surface area contributed by atoms with Gasteiger partial charge in [0.2, 0.25) is 0 Å². The molecule has 2 aliphatic rings. The van der Waals surface area contributed by atoms with Gasteiger partial charge in [-0.25, -0.2) is 9.59 Å². The molecule has 4 N–H and O–H groups in total. The van der Waals surface area contributed by atoms with Gasteiger partial charge >= 0.3 is 11.9 Å². The molecule has 0 fully saturated rings. The summed E-state index contributed by atoms with van der Waals surface area (Å²) in [7, 11) is 0. The first kappa shape index (κ1) is 47.2. The monoisotopic (exact) mass is 880 g/mol. The first-order valence-electron chi connectivity index (χ1n) is 22.9. The zero-order chi connectivity index (χ0) is 47.9. The van der Waals surface area contributed by atoms with Crippen LogP contribution in [0.4, 0.5) is 11.4 Å². The minimum Gasteiger partial charge on any atom is -0.423 e. The number of nitrogens with two attached hydrogens (primary N) is 2. The maximum atomic E-state index is 13.4. The predicted molar refractivity (Wildman–Crippen MR) is 269 cm³/mol. The number of ether oxygens (including phenoxy) is 2. The third-order valence-electron chi connectivity index (χ3n) is 14.0. The molecule has 0 amide bonds. The van der Waals surface area contributed by atoms with Crippen LogP contribution in [0.5, 0.6) is 11.5 Å². The van der Waals surface area contributed by atoms with Gasteiger partial charge in [0.15, 0.2) is 5.78 Å². The number of ketones is 1. The second-order valence-electron chi connectivity index (χ2n) is 20.8. The summed E-state index contributed by atoms with van der Waals surface area (Å²) in [5, 5.41) is 0. The Hall–Kier alpha value is -6.73. The molecule has 0 saturated carbocycles. The van der Waals surface area contributed by atoms with E-state index in [1.54, 1.807) is 84.9 Å². The number of benzene rings is 6. The van der Waals surface area contributed by atoms with Gasteiger partial charge in [-0.05, 0) is 190 Å². The lowest BCUT2D eigenvalue weighted by Gasteiger charge is -2.42. The Balaban J connectivity index is 0.000000196. The molecule has 0 unspecified atom stereocenters. The van der Waals surface area contributed by atoms with Gasteiger partial charge in [0, 0.05) is 22.5 Å². The van der Waals surface area contributed by atoms with Gasteiger partial charge in [-0.2, -0.15) is 0 Å². The van der Waals surface area contributed by atoms with Gasteiger partial charge in [0.1, 0.15) is 11.5 Å². The summed E-state index contributed by atoms with van der Waals surface area (Å²) >= 11 is 0. The van der Waals surface area contributed by atoms with Crippen molar-refractivity contribution in [3.8, 4) is 11.5 Å². The molecule has 0 saturated heterocycles. The standard InChI is InChI=1S/C30H33NO2.C29H31NO3/c1-19-17-26-27(30(5,6)16-15-29(26,3)4)18-25(19)20(2)21-7-9-22(10-8-21)28(32)33-24-13-11-23(31)12-14-24;1-18-16-24-25(29(4,5)15-14-28(24,2)3)17-23(18)26(31)19-6-8-20(9-7-19)27(32)33-22-12-10-21(30)11-13-22/h7-14,17-18H,2,15-16,31H2,1,3-6H3;6-13,16-17H,14-15,30H2,1-5H3. The molecule has 340 valence electrons. The van der Waals surface area contributed by atoms with Crippen LogP contribution in [0.3, 0.4) is 0 Å². The van der Waals surface area contributed by atoms with Crippen LogP contribution in [0.1, 0.15) is 162 Å². The second kappa shape index (κ2) is 17.9. The van der Waals surface area contributed by atoms with Crippen molar-refractivity contribution in [3.63, 3.8) is 0 Å². The van der Waals surface area contributed by atoms with E-state index in [0.29, 0.717) is 39.6 Å². The number of aryl methyl sites for hydroxylation is 2. The van der Waals surface area contributed by atoms with Crippen LogP contribution in [-0.2, 0) is 21.7 Å². The Kier molecular flexibility index (Phi) is 12.8. The average molecular weight is 881 g/mol. The lowest BCUT2D eigenvalue weighted by Crippen LogP contribution is -2.34. The van der Waals surface area contributed by atoms with E-state index in [1.165, 1.54) is 40.7 Å². The first-order chi connectivity index (χ1) is 31.0. The highest BCUT2D eigenvalue weighted by Crippen LogP contribution is 2.48. The molecule has 0 bridgehead atoms. The van der Waals surface area contributed by atoms with E-state index in [9.17, 15) is 14.4 Å². The van der Waals surface area contributed by atoms with Gasteiger partial charge in [-0.15, -0.1) is 0 Å². The van der Waals surface area contributed by atoms with Crippen molar-refractivity contribution in [3.05, 3.63) is 195 Å². The fourth-order valence-corrected chi connectivity index (χ4v) is 9.29. The molecule has 2 aliphatic carbocycles. The molecule has 0 atom stereocenters. The maximum Gasteiger partial charge on any atom is 0.343 e. The number of hydrogen-bond donors (Lipinski definition) is 2. The lowest BCUT2D eigenvalue weighted by molar-refractivity contribution is 0.0725. The van der Waals surface area contributed by atoms with E-state index in [4.69, 9.17) is 20.9 Å². The molecule has 7 nitrogen and oxygen atoms in total. The van der Waals surface area contributed by atoms with Crippen LogP contribution in [0, 0.1) is 13.8 Å². The van der Waals surface area contributed by atoms with Crippen molar-refractivity contribution in [1.82, 2.24) is 0 Å². The predicted octanol–water partition coefficient (Wildman–Crippen LogP) is 13.6. The van der Waals surface area contributed by atoms with Crippen LogP contribution in [0.25, 0.3) is 5.57 Å². The number of rotatable bonds is 8. The van der Waals surface area contributed by atoms with Crippen LogP contribution in [-0.4, -0.2) is 17.7 Å². The topological polar surface area (TPSA) is 122 Å². The Morgan fingerprint density at radius 3 is 1.12 bits per heavy atom. The molecule has 8 rings (SSSR count). The van der Waals surface area contributed by atoms with E-state index in [1.807, 2.05) is 19.1 Å². The van der Waals surface area contributed by atoms with Gasteiger partial charge in [-0.3, -0.25) is 4.79 Å². The van der Waals surface area contributed by atoms with Gasteiger partial charge in [-0.1, -0.05) is 104 Å². The van der Waals surface area contributed by atoms with E-state index in [-0.39, 0.29) is 27.4 Å². The van der Waals surface area contributed by atoms with Crippen molar-refractivity contribution in [1.29, 1.82) is 0 Å². The van der Waals surface area contributed by atoms with Gasteiger partial charge in [0.25, 0.3) is 0 Å². The Morgan fingerprint density at radius 1 is 0.439 bits per heavy atom. The summed E-state index contributed by atoms with van der Waals surface area (Å²) < 4.78 is 10.8. The normalized spacial score (nSPS) is 16.0. The summed E-state index contributed by atoms with van der Waals surface area (Å²) in [6, 6.07) is 36.5. The molecule has 0 radical (unpaired) electrons. The number of hydrogen-bond acceptors (Lipinski definition) is 7. The van der Waals surface area contributed by atoms with E-state index in [0.717, 1.165) is 40.7 Å². The second-order valence-corrected chi connectivity index (χ2v) is 20.8. The Labute approximate surface area is 391 Å². The number of nitrogen functional groups attached to an aromatic ring is 2. The smallest absolute Gasteiger partial charge is 0.343 e. The Bertz CT molecular complexity index is 2630. The highest BCUT2D eigenvalue weighted by Gasteiger charge is 2.39. The fraction of sp³-hybridized carbons (Fsp3) is 0.305. The summed E-state index contributed by atoms with van der Waals surface area (Å²) in [6.07, 6.45) is 4.59. The van der Waals surface area contributed by atoms with Crippen LogP contribution in [0.2, 0.25) is 0 Å². The van der Waals surface area contributed by atoms with Crippen molar-refractivity contribution in [2.24, 2.45) is 0 Å². The van der Waals surface area contributed by atoms with E-state index >= 15 is 0 Å². The highest BCUT2D eigenvalue weighted by atomic mass is 16.5. The fourth-order valence-electron chi connectivity index (χ4n) is 9.29. The molecule has 0 spiro atoms. The van der Waals surface area contributed by atoms with Gasteiger partial charge in [0.05, 0.1) is 11.1 Å². The zero-order valence-electron chi connectivity index (χ0n) is 40.3. The summed E-state index contributed by atoms with van der Waals surface area (Å²) in [6.45, 7) is 27.0. The molecule has 0 heterocycles. The van der Waals surface area contributed by atoms with Crippen molar-refractivity contribution in [2.45, 2.75) is 117 Å². The molecular weight excluding hydrogens is 817 g/mol. The largest absolute Gasteiger partial charge is 0.423 e. The number of fused-ring (bicyclic) bond motifs is 2. The number of carbonyl (C=O) groups is 3. The molecule has 0 aliphatic heterocycles. The Morgan fingerprint density at radius 2 is 0.742 bits per heavy atom. The van der Waals surface area contributed by atoms with Crippen molar-refractivity contribution < 1.29 is 23.9 Å². The highest BCUT2D eigenvalue weighted by molar-refractivity contribution is 6.10. The molecule has 6 aromatic carbocycles. The molecule has 7 heteroatoms. The minimum absolute atomic E-state index is 0.0311. The third kappa shape index (κ3) is 9.91. The van der Waals surface area contributed by atoms with Crippen LogP contribution >= 0.6 is 0 Å². The zero-order valence-corrected chi connectivity index (χ0v) is 40.3. The SMILES string of the molecule is C=C(c1ccc(C(=O)Oc2ccc(N)cc2)cc1)c1cc2c(cc1C)C(C)(C)CCC2(C)C.Cc1cc2c(cc1C(=O)c1ccc(C(=O)Oc3ccc(N)cc3)cc1)C(C)(C)CCC2(C)C. The summed E-state index contributed by atoms with van der Waals surface area (Å²) in [5.74, 6) is -0.0194. The summed E-state index contributed by atoms with van der Waals surface area (Å²) in [4.78, 5) is 38.4.